The van der Waals surface area contributed by atoms with Crippen molar-refractivity contribution in [2.45, 2.75) is 13.0 Å². The van der Waals surface area contributed by atoms with Crippen molar-refractivity contribution >= 4 is 34.2 Å². The van der Waals surface area contributed by atoms with Crippen LogP contribution in [0.3, 0.4) is 0 Å². The monoisotopic (exact) mass is 388 g/mol. The first-order valence-electron chi connectivity index (χ1n) is 8.54. The third kappa shape index (κ3) is 4.90. The number of anilines is 1. The summed E-state index contributed by atoms with van der Waals surface area (Å²) in [5.41, 5.74) is 1.69. The van der Waals surface area contributed by atoms with Gasteiger partial charge >= 0.3 is 5.69 Å². The average molecular weight is 389 g/mol. The standard InChI is InChI=1S/C19H21ClN4O3/c1-12(24(2)9-10-27-15-6-3-13(20)4-7-15)18(25)21-14-5-8-16-17(11-14)23-19(26)22-16/h3-8,11-12H,9-10H2,1-2H3,(H,21,25)(H2,22,23,26)/t12-/m1/s1. The van der Waals surface area contributed by atoms with Gasteiger partial charge in [0.2, 0.25) is 5.91 Å². The molecule has 0 fully saturated rings. The van der Waals surface area contributed by atoms with Crippen molar-refractivity contribution in [3.63, 3.8) is 0 Å². The number of nitrogens with zero attached hydrogens (tertiary/aromatic N) is 1. The number of halogens is 1. The second kappa shape index (κ2) is 8.28. The zero-order chi connectivity index (χ0) is 19.4. The average Bonchev–Trinajstić information content (AvgIpc) is 3.01. The van der Waals surface area contributed by atoms with E-state index in [0.717, 1.165) is 5.75 Å². The first-order chi connectivity index (χ1) is 12.9. The Morgan fingerprint density at radius 3 is 2.63 bits per heavy atom. The van der Waals surface area contributed by atoms with Crippen LogP contribution in [0.5, 0.6) is 5.75 Å². The summed E-state index contributed by atoms with van der Waals surface area (Å²) < 4.78 is 5.66. The molecule has 8 heteroatoms. The molecule has 1 aromatic heterocycles. The maximum absolute atomic E-state index is 12.5. The highest BCUT2D eigenvalue weighted by molar-refractivity contribution is 6.30. The highest BCUT2D eigenvalue weighted by Gasteiger charge is 2.18. The first kappa shape index (κ1) is 19.0. The van der Waals surface area contributed by atoms with Gasteiger partial charge in [-0.15, -0.1) is 0 Å². The van der Waals surface area contributed by atoms with Gasteiger partial charge in [0.05, 0.1) is 17.1 Å². The summed E-state index contributed by atoms with van der Waals surface area (Å²) in [5.74, 6) is 0.597. The van der Waals surface area contributed by atoms with Crippen LogP contribution in [0.25, 0.3) is 11.0 Å². The number of ether oxygens (including phenoxy) is 1. The molecule has 1 atom stereocenters. The number of imidazole rings is 1. The Balaban J connectivity index is 1.52. The fraction of sp³-hybridized carbons (Fsp3) is 0.263. The van der Waals surface area contributed by atoms with E-state index in [4.69, 9.17) is 16.3 Å². The molecule has 1 heterocycles. The minimum Gasteiger partial charge on any atom is -0.492 e. The van der Waals surface area contributed by atoms with Crippen molar-refractivity contribution in [2.24, 2.45) is 0 Å². The summed E-state index contributed by atoms with van der Waals surface area (Å²) in [4.78, 5) is 31.0. The van der Waals surface area contributed by atoms with Gasteiger partial charge in [-0.1, -0.05) is 11.6 Å². The number of H-pyrrole nitrogens is 2. The number of nitrogens with one attached hydrogen (secondary N) is 3. The Labute approximate surface area is 161 Å². The van der Waals surface area contributed by atoms with Crippen molar-refractivity contribution in [1.82, 2.24) is 14.9 Å². The van der Waals surface area contributed by atoms with Gasteiger partial charge in [0.15, 0.2) is 0 Å². The molecule has 3 N–H and O–H groups in total. The second-order valence-electron chi connectivity index (χ2n) is 6.29. The summed E-state index contributed by atoms with van der Waals surface area (Å²) in [7, 11) is 1.86. The normalized spacial score (nSPS) is 12.3. The molecule has 0 spiro atoms. The van der Waals surface area contributed by atoms with E-state index in [1.807, 2.05) is 18.9 Å². The van der Waals surface area contributed by atoms with Crippen LogP contribution in [-0.2, 0) is 4.79 Å². The lowest BCUT2D eigenvalue weighted by Crippen LogP contribution is -2.41. The van der Waals surface area contributed by atoms with E-state index >= 15 is 0 Å². The topological polar surface area (TPSA) is 90.2 Å². The van der Waals surface area contributed by atoms with Crippen LogP contribution in [0.2, 0.25) is 5.02 Å². The molecule has 3 aromatic rings. The van der Waals surface area contributed by atoms with Gasteiger partial charge in [0.25, 0.3) is 0 Å². The third-order valence-electron chi connectivity index (χ3n) is 4.35. The number of carbonyl (C=O) groups is 1. The molecule has 0 saturated carbocycles. The van der Waals surface area contributed by atoms with Gasteiger partial charge in [-0.25, -0.2) is 4.79 Å². The number of aromatic nitrogens is 2. The maximum atomic E-state index is 12.5. The van der Waals surface area contributed by atoms with E-state index in [1.54, 1.807) is 42.5 Å². The number of rotatable bonds is 7. The molecule has 7 nitrogen and oxygen atoms in total. The summed E-state index contributed by atoms with van der Waals surface area (Å²) >= 11 is 5.85. The SMILES string of the molecule is C[C@H](C(=O)Nc1ccc2[nH]c(=O)[nH]c2c1)N(C)CCOc1ccc(Cl)cc1. The Morgan fingerprint density at radius 1 is 1.19 bits per heavy atom. The van der Waals surface area contributed by atoms with Gasteiger partial charge in [-0.2, -0.15) is 0 Å². The van der Waals surface area contributed by atoms with Gasteiger partial charge in [0.1, 0.15) is 12.4 Å². The second-order valence-corrected chi connectivity index (χ2v) is 6.72. The van der Waals surface area contributed by atoms with Crippen molar-refractivity contribution in [1.29, 1.82) is 0 Å². The Morgan fingerprint density at radius 2 is 1.89 bits per heavy atom. The van der Waals surface area contributed by atoms with Gasteiger partial charge < -0.3 is 20.0 Å². The van der Waals surface area contributed by atoms with Crippen molar-refractivity contribution in [3.8, 4) is 5.75 Å². The largest absolute Gasteiger partial charge is 0.492 e. The lowest BCUT2D eigenvalue weighted by atomic mass is 10.2. The quantitative estimate of drug-likeness (QED) is 0.580. The summed E-state index contributed by atoms with van der Waals surface area (Å²) in [6.45, 7) is 2.86. The summed E-state index contributed by atoms with van der Waals surface area (Å²) in [6.07, 6.45) is 0. The van der Waals surface area contributed by atoms with Crippen molar-refractivity contribution in [3.05, 3.63) is 58.0 Å². The number of carbonyl (C=O) groups excluding carboxylic acids is 1. The van der Waals surface area contributed by atoms with E-state index in [1.165, 1.54) is 0 Å². The van der Waals surface area contributed by atoms with Crippen LogP contribution < -0.4 is 15.7 Å². The Hall–Kier alpha value is -2.77. The van der Waals surface area contributed by atoms with E-state index < -0.39 is 0 Å². The molecule has 0 aliphatic carbocycles. The number of hydrogen-bond acceptors (Lipinski definition) is 4. The number of fused-ring (bicyclic) bond motifs is 1. The number of hydrogen-bond donors (Lipinski definition) is 3. The molecule has 1 amide bonds. The zero-order valence-corrected chi connectivity index (χ0v) is 15.8. The number of benzene rings is 2. The third-order valence-corrected chi connectivity index (χ3v) is 4.60. The van der Waals surface area contributed by atoms with E-state index in [2.05, 4.69) is 15.3 Å². The molecule has 142 valence electrons. The van der Waals surface area contributed by atoms with Crippen LogP contribution in [0.15, 0.2) is 47.3 Å². The van der Waals surface area contributed by atoms with E-state index in [0.29, 0.717) is 34.9 Å². The fourth-order valence-electron chi connectivity index (χ4n) is 2.59. The van der Waals surface area contributed by atoms with Crippen LogP contribution in [0.4, 0.5) is 5.69 Å². The number of amides is 1. The van der Waals surface area contributed by atoms with Crippen molar-refractivity contribution in [2.75, 3.05) is 25.5 Å². The lowest BCUT2D eigenvalue weighted by molar-refractivity contribution is -0.120. The minimum atomic E-state index is -0.347. The molecule has 3 rings (SSSR count). The highest BCUT2D eigenvalue weighted by Crippen LogP contribution is 2.16. The van der Waals surface area contributed by atoms with E-state index in [-0.39, 0.29) is 17.6 Å². The van der Waals surface area contributed by atoms with Gasteiger partial charge in [-0.05, 0) is 56.4 Å². The maximum Gasteiger partial charge on any atom is 0.323 e. The Kier molecular flexibility index (Phi) is 5.83. The van der Waals surface area contributed by atoms with E-state index in [9.17, 15) is 9.59 Å². The molecular weight excluding hydrogens is 368 g/mol. The lowest BCUT2D eigenvalue weighted by Gasteiger charge is -2.23. The summed E-state index contributed by atoms with van der Waals surface area (Å²) in [5, 5.41) is 3.53. The van der Waals surface area contributed by atoms with Crippen LogP contribution in [0, 0.1) is 0 Å². The van der Waals surface area contributed by atoms with Crippen LogP contribution in [0.1, 0.15) is 6.92 Å². The van der Waals surface area contributed by atoms with Crippen LogP contribution in [-0.4, -0.2) is 47.0 Å². The molecular formula is C19H21ClN4O3. The molecule has 0 aliphatic rings. The molecule has 2 aromatic carbocycles. The number of likely N-dealkylation sites (N-methyl/N-ethyl adjacent to an activating group) is 1. The molecule has 27 heavy (non-hydrogen) atoms. The van der Waals surface area contributed by atoms with Gasteiger partial charge in [0, 0.05) is 17.3 Å². The fourth-order valence-corrected chi connectivity index (χ4v) is 2.72. The van der Waals surface area contributed by atoms with Gasteiger partial charge in [-0.3, -0.25) is 9.69 Å². The molecule has 0 radical (unpaired) electrons. The molecule has 0 unspecified atom stereocenters. The predicted octanol–water partition coefficient (Wildman–Crippen LogP) is 2.85. The van der Waals surface area contributed by atoms with Crippen LogP contribution >= 0.6 is 11.6 Å². The van der Waals surface area contributed by atoms with Crippen molar-refractivity contribution < 1.29 is 9.53 Å². The molecule has 0 bridgehead atoms. The zero-order valence-electron chi connectivity index (χ0n) is 15.1. The molecule has 0 aliphatic heterocycles. The number of aromatic amines is 2. The molecule has 0 saturated heterocycles. The smallest absolute Gasteiger partial charge is 0.323 e. The minimum absolute atomic E-state index is 0.138. The first-order valence-corrected chi connectivity index (χ1v) is 8.92. The predicted molar refractivity (Wildman–Crippen MR) is 107 cm³/mol. The Bertz CT molecular complexity index is 981. The highest BCUT2D eigenvalue weighted by atomic mass is 35.5. The summed E-state index contributed by atoms with van der Waals surface area (Å²) in [6, 6.07) is 12.0.